The highest BCUT2D eigenvalue weighted by atomic mass is 15.2. The number of nitrogens with one attached hydrogen (secondary N) is 1. The van der Waals surface area contributed by atoms with Gasteiger partial charge in [-0.15, -0.1) is 0 Å². The molecule has 0 saturated carbocycles. The van der Waals surface area contributed by atoms with Crippen LogP contribution in [0.5, 0.6) is 0 Å². The molecule has 0 amide bonds. The van der Waals surface area contributed by atoms with Crippen molar-refractivity contribution in [2.24, 2.45) is 11.8 Å². The van der Waals surface area contributed by atoms with Crippen molar-refractivity contribution < 1.29 is 0 Å². The lowest BCUT2D eigenvalue weighted by Gasteiger charge is -2.38. The maximum atomic E-state index is 4.17. The monoisotopic (exact) mass is 294 g/mol. The summed E-state index contributed by atoms with van der Waals surface area (Å²) in [7, 11) is 0. The fraction of sp³-hybridized carbons (Fsp3) is 0.895. The molecule has 2 nitrogen and oxygen atoms in total. The quantitative estimate of drug-likeness (QED) is 0.614. The van der Waals surface area contributed by atoms with Gasteiger partial charge < -0.3 is 5.32 Å². The third-order valence-corrected chi connectivity index (χ3v) is 4.65. The summed E-state index contributed by atoms with van der Waals surface area (Å²) in [5, 5.41) is 3.44. The molecule has 1 aliphatic rings. The lowest BCUT2D eigenvalue weighted by Crippen LogP contribution is -2.43. The summed E-state index contributed by atoms with van der Waals surface area (Å²) in [6.07, 6.45) is 8.43. The Hall–Kier alpha value is -0.500. The van der Waals surface area contributed by atoms with Crippen LogP contribution in [0.15, 0.2) is 12.3 Å². The Kier molecular flexibility index (Phi) is 8.39. The van der Waals surface area contributed by atoms with Crippen LogP contribution in [0, 0.1) is 11.8 Å². The average molecular weight is 295 g/mol. The van der Waals surface area contributed by atoms with Crippen LogP contribution in [0.2, 0.25) is 0 Å². The van der Waals surface area contributed by atoms with Crippen LogP contribution in [0.4, 0.5) is 0 Å². The van der Waals surface area contributed by atoms with Crippen molar-refractivity contribution in [2.75, 3.05) is 13.1 Å². The van der Waals surface area contributed by atoms with Crippen molar-refractivity contribution in [2.45, 2.75) is 85.2 Å². The van der Waals surface area contributed by atoms with Crippen molar-refractivity contribution >= 4 is 0 Å². The van der Waals surface area contributed by atoms with Gasteiger partial charge in [0, 0.05) is 24.3 Å². The zero-order valence-corrected chi connectivity index (χ0v) is 15.1. The lowest BCUT2D eigenvalue weighted by atomic mass is 9.87. The Morgan fingerprint density at radius 2 is 1.95 bits per heavy atom. The fourth-order valence-corrected chi connectivity index (χ4v) is 3.50. The van der Waals surface area contributed by atoms with Gasteiger partial charge in [0.2, 0.25) is 0 Å². The maximum absolute atomic E-state index is 4.17. The Balaban J connectivity index is 2.22. The van der Waals surface area contributed by atoms with Gasteiger partial charge in [-0.05, 0) is 52.0 Å². The summed E-state index contributed by atoms with van der Waals surface area (Å²) in [6.45, 7) is 17.8. The third-order valence-electron chi connectivity index (χ3n) is 4.65. The highest BCUT2D eigenvalue weighted by molar-refractivity contribution is 4.97. The van der Waals surface area contributed by atoms with E-state index in [-0.39, 0.29) is 0 Å². The van der Waals surface area contributed by atoms with Crippen LogP contribution in [-0.4, -0.2) is 30.1 Å². The number of hydrogen-bond donors (Lipinski definition) is 1. The summed E-state index contributed by atoms with van der Waals surface area (Å²) >= 11 is 0. The summed E-state index contributed by atoms with van der Waals surface area (Å²) in [5.74, 6) is 1.82. The first-order valence-corrected chi connectivity index (χ1v) is 9.06. The topological polar surface area (TPSA) is 15.3 Å². The second kappa shape index (κ2) is 9.50. The predicted molar refractivity (Wildman–Crippen MR) is 94.5 cm³/mol. The molecular formula is C19H38N2. The highest BCUT2D eigenvalue weighted by Crippen LogP contribution is 2.27. The van der Waals surface area contributed by atoms with Gasteiger partial charge in [0.1, 0.15) is 0 Å². The van der Waals surface area contributed by atoms with E-state index in [4.69, 9.17) is 0 Å². The van der Waals surface area contributed by atoms with Gasteiger partial charge in [0.15, 0.2) is 0 Å². The van der Waals surface area contributed by atoms with Crippen molar-refractivity contribution in [1.82, 2.24) is 10.2 Å². The molecule has 1 fully saturated rings. The van der Waals surface area contributed by atoms with E-state index in [1.807, 2.05) is 0 Å². The summed E-state index contributed by atoms with van der Waals surface area (Å²) in [6, 6.07) is 1.20. The molecule has 0 aromatic heterocycles. The van der Waals surface area contributed by atoms with Gasteiger partial charge in [-0.2, -0.15) is 0 Å². The molecule has 1 aliphatic heterocycles. The number of hydrogen-bond acceptors (Lipinski definition) is 2. The van der Waals surface area contributed by atoms with Gasteiger partial charge in [-0.3, -0.25) is 4.90 Å². The van der Waals surface area contributed by atoms with Crippen molar-refractivity contribution in [3.63, 3.8) is 0 Å². The van der Waals surface area contributed by atoms with Crippen LogP contribution < -0.4 is 5.32 Å². The van der Waals surface area contributed by atoms with Crippen LogP contribution in [0.3, 0.4) is 0 Å². The van der Waals surface area contributed by atoms with E-state index >= 15 is 0 Å². The van der Waals surface area contributed by atoms with Crippen molar-refractivity contribution in [1.29, 1.82) is 0 Å². The Labute approximate surface area is 133 Å². The summed E-state index contributed by atoms with van der Waals surface area (Å²) in [5.41, 5.74) is 1.17. The molecule has 2 heteroatoms. The van der Waals surface area contributed by atoms with Gasteiger partial charge in [0.25, 0.3) is 0 Å². The Bertz CT molecular complexity index is 296. The molecule has 1 heterocycles. The van der Waals surface area contributed by atoms with Crippen molar-refractivity contribution in [3.8, 4) is 0 Å². The number of likely N-dealkylation sites (tertiary alicyclic amines) is 1. The number of piperidine rings is 1. The summed E-state index contributed by atoms with van der Waals surface area (Å²) < 4.78 is 0. The molecule has 0 aliphatic carbocycles. The predicted octanol–water partition coefficient (Wildman–Crippen LogP) is 4.82. The van der Waals surface area contributed by atoms with E-state index < -0.39 is 0 Å². The van der Waals surface area contributed by atoms with E-state index in [2.05, 4.69) is 51.4 Å². The highest BCUT2D eigenvalue weighted by Gasteiger charge is 2.25. The molecule has 1 unspecified atom stereocenters. The first kappa shape index (κ1) is 18.5. The van der Waals surface area contributed by atoms with Gasteiger partial charge in [-0.25, -0.2) is 0 Å². The Morgan fingerprint density at radius 3 is 2.52 bits per heavy atom. The normalized spacial score (nSPS) is 23.8. The molecule has 1 saturated heterocycles. The summed E-state index contributed by atoms with van der Waals surface area (Å²) in [4.78, 5) is 2.60. The standard InChI is InChI=1S/C19H38N2/c1-15(2)9-7-8-10-19-11-12-21(18(6)13-19)14-17(5)20-16(3)4/h15-16,18-20H,5,7-14H2,1-4,6H3/t18-,19?/m0/s1. The largest absolute Gasteiger partial charge is 0.386 e. The molecule has 0 spiro atoms. The second-order valence-electron chi connectivity index (χ2n) is 7.79. The molecule has 0 radical (unpaired) electrons. The first-order chi connectivity index (χ1) is 9.88. The van der Waals surface area contributed by atoms with Crippen LogP contribution >= 0.6 is 0 Å². The molecule has 124 valence electrons. The van der Waals surface area contributed by atoms with Gasteiger partial charge in [-0.1, -0.05) is 46.1 Å². The molecular weight excluding hydrogens is 256 g/mol. The zero-order chi connectivity index (χ0) is 15.8. The second-order valence-corrected chi connectivity index (χ2v) is 7.79. The van der Waals surface area contributed by atoms with Crippen LogP contribution in [-0.2, 0) is 0 Å². The first-order valence-electron chi connectivity index (χ1n) is 9.06. The minimum Gasteiger partial charge on any atom is -0.386 e. The lowest BCUT2D eigenvalue weighted by molar-refractivity contribution is 0.126. The number of rotatable bonds is 9. The number of nitrogens with zero attached hydrogens (tertiary/aromatic N) is 1. The zero-order valence-electron chi connectivity index (χ0n) is 15.1. The molecule has 2 atom stereocenters. The van der Waals surface area contributed by atoms with E-state index in [9.17, 15) is 0 Å². The third kappa shape index (κ3) is 7.90. The molecule has 1 N–H and O–H groups in total. The smallest absolute Gasteiger partial charge is 0.0378 e. The van der Waals surface area contributed by atoms with Crippen LogP contribution in [0.25, 0.3) is 0 Å². The Morgan fingerprint density at radius 1 is 1.24 bits per heavy atom. The minimum absolute atomic E-state index is 0.492. The van der Waals surface area contributed by atoms with E-state index in [0.29, 0.717) is 12.1 Å². The van der Waals surface area contributed by atoms with Gasteiger partial charge >= 0.3 is 0 Å². The van der Waals surface area contributed by atoms with Crippen LogP contribution in [0.1, 0.15) is 73.1 Å². The average Bonchev–Trinajstić information content (AvgIpc) is 2.36. The SMILES string of the molecule is C=C(CN1CCC(CCCCC(C)C)C[C@@H]1C)NC(C)C. The van der Waals surface area contributed by atoms with Gasteiger partial charge in [0.05, 0.1) is 0 Å². The van der Waals surface area contributed by atoms with E-state index in [1.54, 1.807) is 0 Å². The molecule has 0 bridgehead atoms. The molecule has 1 rings (SSSR count). The minimum atomic E-state index is 0.492. The number of unbranched alkanes of at least 4 members (excludes halogenated alkanes) is 1. The maximum Gasteiger partial charge on any atom is 0.0378 e. The molecule has 0 aromatic rings. The van der Waals surface area contributed by atoms with E-state index in [0.717, 1.165) is 18.4 Å². The van der Waals surface area contributed by atoms with Crippen molar-refractivity contribution in [3.05, 3.63) is 12.3 Å². The van der Waals surface area contributed by atoms with E-state index in [1.165, 1.54) is 50.8 Å². The fourth-order valence-electron chi connectivity index (χ4n) is 3.50. The molecule has 21 heavy (non-hydrogen) atoms. The molecule has 0 aromatic carbocycles.